The minimum atomic E-state index is -0.670. The summed E-state index contributed by atoms with van der Waals surface area (Å²) in [6.07, 6.45) is -0.358. The topological polar surface area (TPSA) is 86.7 Å². The normalized spacial score (nSPS) is 18.9. The van der Waals surface area contributed by atoms with Crippen molar-refractivity contribution in [3.8, 4) is 23.0 Å². The fourth-order valence-corrected chi connectivity index (χ4v) is 3.71. The standard InChI is InChI=1S/C23H29NO7/c1-27-19-7-5-15(23(26)30-4)11-16(19)13-24-10-9-20(18(25)14-24)31-17-6-8-21(28-2)22(12-17)29-3/h5-8,11-12,18,20,25H,9-10,13-14H2,1-4H3/t18-,20-/m1/s1. The van der Waals surface area contributed by atoms with E-state index in [0.717, 1.165) is 12.1 Å². The molecule has 168 valence electrons. The van der Waals surface area contributed by atoms with Gasteiger partial charge < -0.3 is 28.8 Å². The van der Waals surface area contributed by atoms with Crippen molar-refractivity contribution in [3.63, 3.8) is 0 Å². The van der Waals surface area contributed by atoms with Crippen LogP contribution in [0.15, 0.2) is 36.4 Å². The summed E-state index contributed by atoms with van der Waals surface area (Å²) in [7, 11) is 6.09. The molecular weight excluding hydrogens is 402 g/mol. The highest BCUT2D eigenvalue weighted by molar-refractivity contribution is 5.89. The number of esters is 1. The highest BCUT2D eigenvalue weighted by Gasteiger charge is 2.30. The number of carbonyl (C=O) groups excluding carboxylic acids is 1. The highest BCUT2D eigenvalue weighted by Crippen LogP contribution is 2.32. The van der Waals surface area contributed by atoms with Gasteiger partial charge in [0, 0.05) is 31.3 Å². The van der Waals surface area contributed by atoms with Gasteiger partial charge in [-0.05, 0) is 36.8 Å². The molecule has 1 saturated heterocycles. The number of β-amino-alcohol motifs (C(OH)–C–C–N with tert-alkyl or cyclic N) is 1. The average Bonchev–Trinajstić information content (AvgIpc) is 2.80. The van der Waals surface area contributed by atoms with Crippen LogP contribution in [0.4, 0.5) is 0 Å². The molecule has 3 rings (SSSR count). The molecule has 2 aromatic carbocycles. The van der Waals surface area contributed by atoms with Gasteiger partial charge in [-0.1, -0.05) is 0 Å². The molecule has 8 nitrogen and oxygen atoms in total. The monoisotopic (exact) mass is 431 g/mol. The summed E-state index contributed by atoms with van der Waals surface area (Å²) >= 11 is 0. The molecule has 0 unspecified atom stereocenters. The molecule has 1 heterocycles. The number of ether oxygens (including phenoxy) is 5. The molecule has 0 aromatic heterocycles. The van der Waals surface area contributed by atoms with Gasteiger partial charge in [0.15, 0.2) is 11.5 Å². The maximum atomic E-state index is 11.9. The Kier molecular flexibility index (Phi) is 7.59. The van der Waals surface area contributed by atoms with E-state index >= 15 is 0 Å². The van der Waals surface area contributed by atoms with Gasteiger partial charge in [-0.25, -0.2) is 4.79 Å². The number of aliphatic hydroxyl groups is 1. The van der Waals surface area contributed by atoms with Crippen LogP contribution in [0.1, 0.15) is 22.3 Å². The van der Waals surface area contributed by atoms with E-state index in [4.69, 9.17) is 23.7 Å². The molecule has 2 atom stereocenters. The van der Waals surface area contributed by atoms with Crippen molar-refractivity contribution in [3.05, 3.63) is 47.5 Å². The van der Waals surface area contributed by atoms with Gasteiger partial charge in [0.25, 0.3) is 0 Å². The number of methoxy groups -OCH3 is 4. The Morgan fingerprint density at radius 1 is 1.00 bits per heavy atom. The zero-order chi connectivity index (χ0) is 22.4. The zero-order valence-electron chi connectivity index (χ0n) is 18.3. The molecule has 0 saturated carbocycles. The van der Waals surface area contributed by atoms with E-state index < -0.39 is 12.1 Å². The van der Waals surface area contributed by atoms with Crippen LogP contribution < -0.4 is 18.9 Å². The Bertz CT molecular complexity index is 901. The summed E-state index contributed by atoms with van der Waals surface area (Å²) in [5, 5.41) is 10.7. The third-order valence-corrected chi connectivity index (χ3v) is 5.34. The van der Waals surface area contributed by atoms with Gasteiger partial charge in [-0.2, -0.15) is 0 Å². The van der Waals surface area contributed by atoms with Crippen LogP contribution in [0.3, 0.4) is 0 Å². The van der Waals surface area contributed by atoms with Gasteiger partial charge in [-0.15, -0.1) is 0 Å². The number of nitrogens with zero attached hydrogens (tertiary/aromatic N) is 1. The number of piperidine rings is 1. The second-order valence-corrected chi connectivity index (χ2v) is 7.28. The predicted molar refractivity (Wildman–Crippen MR) is 114 cm³/mol. The molecule has 0 amide bonds. The summed E-state index contributed by atoms with van der Waals surface area (Å²) in [5.41, 5.74) is 1.32. The smallest absolute Gasteiger partial charge is 0.337 e. The lowest BCUT2D eigenvalue weighted by atomic mass is 10.0. The Morgan fingerprint density at radius 2 is 1.71 bits per heavy atom. The van der Waals surface area contributed by atoms with Crippen LogP contribution >= 0.6 is 0 Å². The van der Waals surface area contributed by atoms with E-state index in [1.165, 1.54) is 7.11 Å². The number of benzene rings is 2. The third kappa shape index (κ3) is 5.39. The highest BCUT2D eigenvalue weighted by atomic mass is 16.5. The molecule has 0 aliphatic carbocycles. The van der Waals surface area contributed by atoms with E-state index in [2.05, 4.69) is 4.90 Å². The minimum absolute atomic E-state index is 0.336. The number of carbonyl (C=O) groups is 1. The second kappa shape index (κ2) is 10.4. The summed E-state index contributed by atoms with van der Waals surface area (Å²) < 4.78 is 26.8. The largest absolute Gasteiger partial charge is 0.496 e. The minimum Gasteiger partial charge on any atom is -0.496 e. The van der Waals surface area contributed by atoms with Gasteiger partial charge in [0.1, 0.15) is 23.7 Å². The first-order chi connectivity index (χ1) is 15.0. The number of likely N-dealkylation sites (tertiary alicyclic amines) is 1. The third-order valence-electron chi connectivity index (χ3n) is 5.34. The molecule has 0 bridgehead atoms. The molecule has 31 heavy (non-hydrogen) atoms. The van der Waals surface area contributed by atoms with Crippen molar-refractivity contribution in [2.24, 2.45) is 0 Å². The first-order valence-electron chi connectivity index (χ1n) is 10.0. The maximum absolute atomic E-state index is 11.9. The van der Waals surface area contributed by atoms with Crippen molar-refractivity contribution in [2.75, 3.05) is 41.5 Å². The van der Waals surface area contributed by atoms with Crippen LogP contribution in [-0.2, 0) is 11.3 Å². The average molecular weight is 431 g/mol. The first-order valence-corrected chi connectivity index (χ1v) is 10.0. The SMILES string of the molecule is COC(=O)c1ccc(OC)c(CN2CC[C@@H](Oc3ccc(OC)c(OC)c3)[C@H](O)C2)c1. The van der Waals surface area contributed by atoms with E-state index in [1.54, 1.807) is 57.7 Å². The van der Waals surface area contributed by atoms with Gasteiger partial charge in [-0.3, -0.25) is 4.90 Å². The van der Waals surface area contributed by atoms with Gasteiger partial charge in [0.2, 0.25) is 0 Å². The molecule has 8 heteroatoms. The molecule has 1 fully saturated rings. The lowest BCUT2D eigenvalue weighted by molar-refractivity contribution is -0.0277. The quantitative estimate of drug-likeness (QED) is 0.638. The number of rotatable bonds is 8. The van der Waals surface area contributed by atoms with Gasteiger partial charge >= 0.3 is 5.97 Å². The molecule has 0 spiro atoms. The number of hydrogen-bond acceptors (Lipinski definition) is 8. The van der Waals surface area contributed by atoms with Crippen molar-refractivity contribution in [1.29, 1.82) is 0 Å². The lowest BCUT2D eigenvalue weighted by Crippen LogP contribution is -2.48. The Balaban J connectivity index is 1.65. The molecule has 2 aromatic rings. The summed E-state index contributed by atoms with van der Waals surface area (Å²) in [5.74, 6) is 2.09. The Morgan fingerprint density at radius 3 is 2.35 bits per heavy atom. The maximum Gasteiger partial charge on any atom is 0.337 e. The van der Waals surface area contributed by atoms with E-state index in [0.29, 0.717) is 48.1 Å². The van der Waals surface area contributed by atoms with Crippen LogP contribution in [0.2, 0.25) is 0 Å². The molecule has 0 radical (unpaired) electrons. The first kappa shape index (κ1) is 22.7. The Labute approximate surface area is 182 Å². The number of hydrogen-bond donors (Lipinski definition) is 1. The molecular formula is C23H29NO7. The molecule has 1 aliphatic rings. The fraction of sp³-hybridized carbons (Fsp3) is 0.435. The van der Waals surface area contributed by atoms with E-state index in [-0.39, 0.29) is 6.10 Å². The summed E-state index contributed by atoms with van der Waals surface area (Å²) in [6.45, 7) is 1.69. The van der Waals surface area contributed by atoms with Crippen molar-refractivity contribution in [1.82, 2.24) is 4.90 Å². The van der Waals surface area contributed by atoms with Crippen LogP contribution in [0.5, 0.6) is 23.0 Å². The second-order valence-electron chi connectivity index (χ2n) is 7.28. The molecule has 1 N–H and O–H groups in total. The van der Waals surface area contributed by atoms with Crippen LogP contribution in [0, 0.1) is 0 Å². The van der Waals surface area contributed by atoms with Crippen LogP contribution in [0.25, 0.3) is 0 Å². The van der Waals surface area contributed by atoms with E-state index in [1.807, 2.05) is 0 Å². The van der Waals surface area contributed by atoms with Gasteiger partial charge in [0.05, 0.1) is 34.0 Å². The summed E-state index contributed by atoms with van der Waals surface area (Å²) in [6, 6.07) is 10.5. The van der Waals surface area contributed by atoms with E-state index in [9.17, 15) is 9.90 Å². The van der Waals surface area contributed by atoms with Crippen molar-refractivity contribution < 1.29 is 33.6 Å². The predicted octanol–water partition coefficient (Wildman–Crippen LogP) is 2.51. The van der Waals surface area contributed by atoms with Crippen molar-refractivity contribution in [2.45, 2.75) is 25.2 Å². The zero-order valence-corrected chi connectivity index (χ0v) is 18.3. The number of aliphatic hydroxyl groups excluding tert-OH is 1. The lowest BCUT2D eigenvalue weighted by Gasteiger charge is -2.36. The Hall–Kier alpha value is -2.97. The van der Waals surface area contributed by atoms with Crippen molar-refractivity contribution >= 4 is 5.97 Å². The molecule has 1 aliphatic heterocycles. The van der Waals surface area contributed by atoms with Crippen LogP contribution in [-0.4, -0.2) is 69.7 Å². The fourth-order valence-electron chi connectivity index (χ4n) is 3.71. The summed E-state index contributed by atoms with van der Waals surface area (Å²) in [4.78, 5) is 14.0.